The Morgan fingerprint density at radius 3 is 2.76 bits per heavy atom. The number of aromatic nitrogens is 2. The van der Waals surface area contributed by atoms with Crippen LogP contribution in [-0.4, -0.2) is 22.0 Å². The van der Waals surface area contributed by atoms with Gasteiger partial charge in [0.25, 0.3) is 0 Å². The van der Waals surface area contributed by atoms with E-state index in [0.717, 1.165) is 19.3 Å². The molecule has 21 heavy (non-hydrogen) atoms. The van der Waals surface area contributed by atoms with Gasteiger partial charge in [-0.05, 0) is 18.6 Å². The highest BCUT2D eigenvalue weighted by Gasteiger charge is 2.10. The summed E-state index contributed by atoms with van der Waals surface area (Å²) in [6.07, 6.45) is 3.04. The first-order chi connectivity index (χ1) is 10.1. The van der Waals surface area contributed by atoms with E-state index in [2.05, 4.69) is 17.2 Å². The molecule has 2 rings (SSSR count). The fourth-order valence-electron chi connectivity index (χ4n) is 2.18. The molecule has 0 saturated heterocycles. The second kappa shape index (κ2) is 6.88. The van der Waals surface area contributed by atoms with Crippen molar-refractivity contribution in [3.8, 4) is 0 Å². The van der Waals surface area contributed by atoms with Crippen LogP contribution in [0.5, 0.6) is 0 Å². The molecule has 0 aliphatic heterocycles. The highest BCUT2D eigenvalue weighted by Crippen LogP contribution is 2.06. The molecule has 6 heteroatoms. The zero-order valence-corrected chi connectivity index (χ0v) is 12.0. The fraction of sp³-hybridized carbons (Fsp3) is 0.400. The molecule has 1 amide bonds. The first-order valence-corrected chi connectivity index (χ1v) is 7.12. The molecule has 1 heterocycles. The van der Waals surface area contributed by atoms with Crippen LogP contribution < -0.4 is 16.4 Å². The van der Waals surface area contributed by atoms with Crippen molar-refractivity contribution in [2.75, 3.05) is 6.54 Å². The lowest BCUT2D eigenvalue weighted by Gasteiger charge is -2.09. The Kier molecular flexibility index (Phi) is 4.92. The Morgan fingerprint density at radius 1 is 1.24 bits per heavy atom. The van der Waals surface area contributed by atoms with Crippen LogP contribution >= 0.6 is 0 Å². The second-order valence-corrected chi connectivity index (χ2v) is 4.92. The number of nitrogens with one attached hydrogen (secondary N) is 2. The SMILES string of the molecule is CCCCCNC(=O)Cn1c(=O)c(=O)[nH]c2ccccc21. The van der Waals surface area contributed by atoms with E-state index < -0.39 is 11.1 Å². The molecule has 2 N–H and O–H groups in total. The molecular weight excluding hydrogens is 270 g/mol. The topological polar surface area (TPSA) is 84.0 Å². The third-order valence-electron chi connectivity index (χ3n) is 3.29. The highest BCUT2D eigenvalue weighted by molar-refractivity contribution is 5.79. The number of unbranched alkanes of at least 4 members (excludes halogenated alkanes) is 2. The zero-order chi connectivity index (χ0) is 15.2. The van der Waals surface area contributed by atoms with Crippen molar-refractivity contribution in [1.29, 1.82) is 0 Å². The van der Waals surface area contributed by atoms with E-state index >= 15 is 0 Å². The third kappa shape index (κ3) is 3.59. The van der Waals surface area contributed by atoms with Gasteiger partial charge in [-0.3, -0.25) is 19.0 Å². The summed E-state index contributed by atoms with van der Waals surface area (Å²) in [5.74, 6) is -0.260. The normalized spacial score (nSPS) is 10.7. The molecular formula is C15H19N3O3. The molecule has 0 unspecified atom stereocenters. The first kappa shape index (κ1) is 15.0. The Hall–Kier alpha value is -2.37. The minimum atomic E-state index is -0.715. The summed E-state index contributed by atoms with van der Waals surface area (Å²) < 4.78 is 1.21. The average Bonchev–Trinajstić information content (AvgIpc) is 2.48. The average molecular weight is 289 g/mol. The highest BCUT2D eigenvalue weighted by atomic mass is 16.2. The van der Waals surface area contributed by atoms with Crippen molar-refractivity contribution < 1.29 is 4.79 Å². The second-order valence-electron chi connectivity index (χ2n) is 4.92. The number of nitrogens with zero attached hydrogens (tertiary/aromatic N) is 1. The van der Waals surface area contributed by atoms with Gasteiger partial charge in [0.1, 0.15) is 6.54 Å². The standard InChI is InChI=1S/C15H19N3O3/c1-2-3-6-9-16-13(19)10-18-12-8-5-4-7-11(12)17-14(20)15(18)21/h4-5,7-8H,2-3,6,9-10H2,1H3,(H,16,19)(H,17,20). The van der Waals surface area contributed by atoms with E-state index in [1.165, 1.54) is 4.57 Å². The molecule has 0 saturated carbocycles. The quantitative estimate of drug-likeness (QED) is 0.614. The van der Waals surface area contributed by atoms with Crippen LogP contribution in [0.2, 0.25) is 0 Å². The van der Waals surface area contributed by atoms with Gasteiger partial charge in [0.05, 0.1) is 11.0 Å². The van der Waals surface area contributed by atoms with Crippen molar-refractivity contribution in [3.05, 3.63) is 45.0 Å². The number of carbonyl (C=O) groups excluding carboxylic acids is 1. The van der Waals surface area contributed by atoms with Crippen LogP contribution in [0, 0.1) is 0 Å². The number of H-pyrrole nitrogens is 1. The number of carbonyl (C=O) groups is 1. The maximum absolute atomic E-state index is 11.9. The van der Waals surface area contributed by atoms with Crippen LogP contribution in [-0.2, 0) is 11.3 Å². The number of aromatic amines is 1. The Bertz CT molecular complexity index is 746. The van der Waals surface area contributed by atoms with Gasteiger partial charge in [-0.25, -0.2) is 0 Å². The van der Waals surface area contributed by atoms with Crippen molar-refractivity contribution in [2.24, 2.45) is 0 Å². The zero-order valence-electron chi connectivity index (χ0n) is 12.0. The van der Waals surface area contributed by atoms with Gasteiger partial charge >= 0.3 is 11.1 Å². The number of hydrogen-bond acceptors (Lipinski definition) is 3. The fourth-order valence-corrected chi connectivity index (χ4v) is 2.18. The largest absolute Gasteiger partial charge is 0.355 e. The third-order valence-corrected chi connectivity index (χ3v) is 3.29. The molecule has 1 aromatic heterocycles. The molecule has 0 spiro atoms. The lowest BCUT2D eigenvalue weighted by molar-refractivity contribution is -0.121. The van der Waals surface area contributed by atoms with Crippen molar-refractivity contribution in [3.63, 3.8) is 0 Å². The van der Waals surface area contributed by atoms with Crippen LogP contribution in [0.25, 0.3) is 11.0 Å². The molecule has 6 nitrogen and oxygen atoms in total. The molecule has 0 fully saturated rings. The maximum atomic E-state index is 11.9. The maximum Gasteiger partial charge on any atom is 0.317 e. The van der Waals surface area contributed by atoms with Crippen molar-refractivity contribution in [2.45, 2.75) is 32.7 Å². The van der Waals surface area contributed by atoms with E-state index in [1.54, 1.807) is 24.3 Å². The summed E-state index contributed by atoms with van der Waals surface area (Å²) in [6, 6.07) is 6.93. The van der Waals surface area contributed by atoms with Gasteiger partial charge in [-0.2, -0.15) is 0 Å². The summed E-state index contributed by atoms with van der Waals surface area (Å²) in [7, 11) is 0. The van der Waals surface area contributed by atoms with E-state index in [0.29, 0.717) is 17.6 Å². The minimum absolute atomic E-state index is 0.143. The monoisotopic (exact) mass is 289 g/mol. The Morgan fingerprint density at radius 2 is 2.00 bits per heavy atom. The van der Waals surface area contributed by atoms with Gasteiger partial charge in [-0.15, -0.1) is 0 Å². The summed E-state index contributed by atoms with van der Waals surface area (Å²) >= 11 is 0. The Balaban J connectivity index is 2.21. The van der Waals surface area contributed by atoms with Crippen molar-refractivity contribution in [1.82, 2.24) is 14.9 Å². The van der Waals surface area contributed by atoms with Gasteiger partial charge in [0, 0.05) is 6.54 Å². The molecule has 0 aliphatic rings. The molecule has 1 aromatic carbocycles. The lowest BCUT2D eigenvalue weighted by Crippen LogP contribution is -2.40. The van der Waals surface area contributed by atoms with Gasteiger partial charge in [0.2, 0.25) is 5.91 Å². The Labute approximate surface area is 121 Å². The number of benzene rings is 1. The van der Waals surface area contributed by atoms with Crippen LogP contribution in [0.3, 0.4) is 0 Å². The van der Waals surface area contributed by atoms with Gasteiger partial charge in [-0.1, -0.05) is 31.9 Å². The molecule has 2 aromatic rings. The summed E-state index contributed by atoms with van der Waals surface area (Å²) in [5.41, 5.74) is -0.336. The molecule has 0 aliphatic carbocycles. The first-order valence-electron chi connectivity index (χ1n) is 7.12. The summed E-state index contributed by atoms with van der Waals surface area (Å²) in [5, 5.41) is 2.77. The smallest absolute Gasteiger partial charge is 0.317 e. The minimum Gasteiger partial charge on any atom is -0.355 e. The molecule has 112 valence electrons. The van der Waals surface area contributed by atoms with E-state index in [4.69, 9.17) is 0 Å². The van der Waals surface area contributed by atoms with E-state index in [1.807, 2.05) is 0 Å². The number of fused-ring (bicyclic) bond motifs is 1. The summed E-state index contributed by atoms with van der Waals surface area (Å²) in [4.78, 5) is 38.0. The van der Waals surface area contributed by atoms with E-state index in [9.17, 15) is 14.4 Å². The predicted octanol–water partition coefficient (Wildman–Crippen LogP) is 0.996. The lowest BCUT2D eigenvalue weighted by atomic mass is 10.2. The number of amides is 1. The van der Waals surface area contributed by atoms with E-state index in [-0.39, 0.29) is 12.5 Å². The molecule has 0 atom stereocenters. The van der Waals surface area contributed by atoms with Gasteiger partial charge in [0.15, 0.2) is 0 Å². The van der Waals surface area contributed by atoms with Crippen LogP contribution in [0.15, 0.2) is 33.9 Å². The molecule has 0 radical (unpaired) electrons. The number of para-hydroxylation sites is 2. The predicted molar refractivity (Wildman–Crippen MR) is 81.4 cm³/mol. The van der Waals surface area contributed by atoms with Crippen LogP contribution in [0.1, 0.15) is 26.2 Å². The van der Waals surface area contributed by atoms with Crippen molar-refractivity contribution >= 4 is 16.9 Å². The summed E-state index contributed by atoms with van der Waals surface area (Å²) in [6.45, 7) is 2.53. The number of rotatable bonds is 6. The molecule has 0 bridgehead atoms. The van der Waals surface area contributed by atoms with Crippen LogP contribution in [0.4, 0.5) is 0 Å². The van der Waals surface area contributed by atoms with Gasteiger partial charge < -0.3 is 10.3 Å². The number of hydrogen-bond donors (Lipinski definition) is 2.